The molecule has 1 aliphatic heterocycles. The van der Waals surface area contributed by atoms with E-state index in [0.29, 0.717) is 22.8 Å². The molecule has 0 saturated carbocycles. The number of nitrogens with zero attached hydrogens (tertiary/aromatic N) is 4. The molecule has 1 aliphatic rings. The second-order valence-electron chi connectivity index (χ2n) is 8.30. The van der Waals surface area contributed by atoms with Crippen molar-refractivity contribution in [2.45, 2.75) is 32.6 Å². The number of halogens is 1. The van der Waals surface area contributed by atoms with Gasteiger partial charge in [0.25, 0.3) is 0 Å². The Morgan fingerprint density at radius 1 is 1.17 bits per heavy atom. The summed E-state index contributed by atoms with van der Waals surface area (Å²) in [5, 5.41) is 7.44. The summed E-state index contributed by atoms with van der Waals surface area (Å²) in [6, 6.07) is 4.92. The zero-order valence-corrected chi connectivity index (χ0v) is 17.3. The predicted octanol–water partition coefficient (Wildman–Crippen LogP) is 3.35. The van der Waals surface area contributed by atoms with Crippen molar-refractivity contribution in [1.82, 2.24) is 19.7 Å². The molecule has 0 aliphatic carbocycles. The van der Waals surface area contributed by atoms with Crippen LogP contribution < -0.4 is 5.32 Å². The van der Waals surface area contributed by atoms with Crippen LogP contribution in [0.1, 0.15) is 25.1 Å². The Kier molecular flexibility index (Phi) is 4.65. The van der Waals surface area contributed by atoms with Crippen molar-refractivity contribution in [2.24, 2.45) is 5.41 Å². The molecule has 7 nitrogen and oxygen atoms in total. The minimum atomic E-state index is -3.15. The number of anilines is 2. The number of nitrogens with one attached hydrogen (secondary N) is 1. The number of hydrogen-bond acceptors (Lipinski definition) is 6. The van der Waals surface area contributed by atoms with E-state index < -0.39 is 15.7 Å². The molecule has 29 heavy (non-hydrogen) atoms. The molecule has 4 heterocycles. The van der Waals surface area contributed by atoms with Crippen LogP contribution in [0.3, 0.4) is 0 Å². The Morgan fingerprint density at radius 2 is 1.93 bits per heavy atom. The summed E-state index contributed by atoms with van der Waals surface area (Å²) in [4.78, 5) is 8.30. The quantitative estimate of drug-likeness (QED) is 0.687. The van der Waals surface area contributed by atoms with Gasteiger partial charge in [0.2, 0.25) is 0 Å². The van der Waals surface area contributed by atoms with E-state index in [1.54, 1.807) is 24.4 Å². The molecular formula is C20H22FN5O2S. The number of pyridine rings is 2. The fraction of sp³-hybridized carbons (Fsp3) is 0.350. The van der Waals surface area contributed by atoms with Crippen LogP contribution in [0.2, 0.25) is 0 Å². The summed E-state index contributed by atoms with van der Waals surface area (Å²) < 4.78 is 39.5. The molecule has 3 aromatic rings. The normalized spacial score (nSPS) is 15.3. The lowest BCUT2D eigenvalue weighted by Gasteiger charge is -2.14. The van der Waals surface area contributed by atoms with Crippen LogP contribution in [0.25, 0.3) is 11.1 Å². The van der Waals surface area contributed by atoms with E-state index in [0.717, 1.165) is 24.2 Å². The molecule has 0 radical (unpaired) electrons. The van der Waals surface area contributed by atoms with Gasteiger partial charge in [0.05, 0.1) is 18.1 Å². The highest BCUT2D eigenvalue weighted by molar-refractivity contribution is 7.89. The van der Waals surface area contributed by atoms with Crippen molar-refractivity contribution in [1.29, 1.82) is 0 Å². The molecule has 0 saturated heterocycles. The van der Waals surface area contributed by atoms with Crippen LogP contribution in [-0.2, 0) is 28.6 Å². The Morgan fingerprint density at radius 3 is 2.69 bits per heavy atom. The number of hydrogen-bond donors (Lipinski definition) is 1. The third-order valence-corrected chi connectivity index (χ3v) is 5.69. The first-order chi connectivity index (χ1) is 13.6. The molecule has 0 fully saturated rings. The van der Waals surface area contributed by atoms with Gasteiger partial charge in [0.1, 0.15) is 17.5 Å². The van der Waals surface area contributed by atoms with Gasteiger partial charge in [-0.15, -0.1) is 0 Å². The predicted molar refractivity (Wildman–Crippen MR) is 109 cm³/mol. The Labute approximate surface area is 168 Å². The summed E-state index contributed by atoms with van der Waals surface area (Å²) in [6.45, 7) is 5.13. The second kappa shape index (κ2) is 6.91. The van der Waals surface area contributed by atoms with Crippen molar-refractivity contribution in [3.8, 4) is 11.1 Å². The maximum atomic E-state index is 14.6. The van der Waals surface area contributed by atoms with Crippen LogP contribution in [0.5, 0.6) is 0 Å². The highest BCUT2D eigenvalue weighted by Crippen LogP contribution is 2.38. The topological polar surface area (TPSA) is 89.8 Å². The van der Waals surface area contributed by atoms with E-state index in [1.807, 2.05) is 4.68 Å². The van der Waals surface area contributed by atoms with E-state index >= 15 is 0 Å². The highest BCUT2D eigenvalue weighted by atomic mass is 32.2. The van der Waals surface area contributed by atoms with Gasteiger partial charge < -0.3 is 5.32 Å². The van der Waals surface area contributed by atoms with E-state index in [1.165, 1.54) is 18.6 Å². The molecule has 4 rings (SSSR count). The van der Waals surface area contributed by atoms with Gasteiger partial charge in [-0.2, -0.15) is 5.10 Å². The molecule has 3 aromatic heterocycles. The summed E-state index contributed by atoms with van der Waals surface area (Å²) in [7, 11) is -3.15. The zero-order valence-electron chi connectivity index (χ0n) is 16.5. The molecule has 0 bridgehead atoms. The van der Waals surface area contributed by atoms with Crippen molar-refractivity contribution in [2.75, 3.05) is 11.6 Å². The lowest BCUT2D eigenvalue weighted by Crippen LogP contribution is -2.12. The van der Waals surface area contributed by atoms with Crippen LogP contribution in [0.15, 0.2) is 36.8 Å². The van der Waals surface area contributed by atoms with Gasteiger partial charge in [0.15, 0.2) is 9.84 Å². The standard InChI is InChI=1S/C20H22FN5O2S/c1-20(2)8-17-15(9-24-26(17)12-20)14-7-19(23-10-16(14)21)25-18-6-13(4-5-22-18)11-29(3,27)28/h4-7,9-10H,8,11-12H2,1-3H3,(H,22,23,25). The second-order valence-corrected chi connectivity index (χ2v) is 10.4. The Bertz CT molecular complexity index is 1190. The number of aromatic nitrogens is 4. The van der Waals surface area contributed by atoms with Gasteiger partial charge in [-0.05, 0) is 35.6 Å². The van der Waals surface area contributed by atoms with E-state index in [9.17, 15) is 12.8 Å². The van der Waals surface area contributed by atoms with Gasteiger partial charge in [-0.1, -0.05) is 13.8 Å². The average molecular weight is 415 g/mol. The molecule has 152 valence electrons. The van der Waals surface area contributed by atoms with Crippen LogP contribution in [0, 0.1) is 11.2 Å². The fourth-order valence-corrected chi connectivity index (χ4v) is 4.44. The first-order valence-corrected chi connectivity index (χ1v) is 11.3. The first-order valence-electron chi connectivity index (χ1n) is 9.20. The van der Waals surface area contributed by atoms with Gasteiger partial charge in [-0.25, -0.2) is 22.8 Å². The molecule has 1 N–H and O–H groups in total. The fourth-order valence-electron chi connectivity index (χ4n) is 3.65. The van der Waals surface area contributed by atoms with E-state index in [-0.39, 0.29) is 11.2 Å². The largest absolute Gasteiger partial charge is 0.325 e. The minimum absolute atomic E-state index is 0.0787. The van der Waals surface area contributed by atoms with E-state index in [2.05, 4.69) is 34.2 Å². The summed E-state index contributed by atoms with van der Waals surface area (Å²) in [5.41, 5.74) is 2.90. The number of sulfone groups is 1. The molecular weight excluding hydrogens is 393 g/mol. The molecule has 0 unspecified atom stereocenters. The van der Waals surface area contributed by atoms with Crippen LogP contribution in [0.4, 0.5) is 16.0 Å². The molecule has 9 heteroatoms. The molecule has 0 spiro atoms. The Balaban J connectivity index is 1.63. The maximum absolute atomic E-state index is 14.6. The van der Waals surface area contributed by atoms with Gasteiger partial charge >= 0.3 is 0 Å². The van der Waals surface area contributed by atoms with Gasteiger partial charge in [-0.3, -0.25) is 4.68 Å². The SMILES string of the molecule is CC1(C)Cc2c(-c3cc(Nc4cc(CS(C)(=O)=O)ccn4)ncc3F)cnn2C1. The third kappa shape index (κ3) is 4.29. The highest BCUT2D eigenvalue weighted by Gasteiger charge is 2.32. The van der Waals surface area contributed by atoms with Crippen molar-refractivity contribution in [3.05, 3.63) is 53.9 Å². The van der Waals surface area contributed by atoms with Crippen LogP contribution >= 0.6 is 0 Å². The maximum Gasteiger partial charge on any atom is 0.151 e. The number of fused-ring (bicyclic) bond motifs is 1. The number of rotatable bonds is 5. The van der Waals surface area contributed by atoms with E-state index in [4.69, 9.17) is 0 Å². The first kappa shape index (κ1) is 19.5. The Hall–Kier alpha value is -2.81. The molecule has 0 amide bonds. The summed E-state index contributed by atoms with van der Waals surface area (Å²) in [6.07, 6.45) is 6.39. The lowest BCUT2D eigenvalue weighted by atomic mass is 9.89. The van der Waals surface area contributed by atoms with Crippen LogP contribution in [-0.4, -0.2) is 34.4 Å². The van der Waals surface area contributed by atoms with Crippen molar-refractivity contribution in [3.63, 3.8) is 0 Å². The molecule has 0 atom stereocenters. The van der Waals surface area contributed by atoms with Crippen molar-refractivity contribution >= 4 is 21.5 Å². The zero-order chi connectivity index (χ0) is 20.8. The smallest absolute Gasteiger partial charge is 0.151 e. The lowest BCUT2D eigenvalue weighted by molar-refractivity contribution is 0.347. The summed E-state index contributed by atoms with van der Waals surface area (Å²) in [5.74, 6) is 0.361. The molecule has 0 aromatic carbocycles. The third-order valence-electron chi connectivity index (χ3n) is 4.83. The average Bonchev–Trinajstić information content (AvgIpc) is 3.10. The minimum Gasteiger partial charge on any atom is -0.325 e. The van der Waals surface area contributed by atoms with Crippen molar-refractivity contribution < 1.29 is 12.8 Å². The van der Waals surface area contributed by atoms with Gasteiger partial charge in [0, 0.05) is 35.8 Å². The summed E-state index contributed by atoms with van der Waals surface area (Å²) >= 11 is 0. The monoisotopic (exact) mass is 415 g/mol.